The van der Waals surface area contributed by atoms with Crippen molar-refractivity contribution in [1.82, 2.24) is 0 Å². The molecule has 1 atom stereocenters. The molecule has 1 unspecified atom stereocenters. The lowest BCUT2D eigenvalue weighted by atomic mass is 10.1. The first-order chi connectivity index (χ1) is 3.66. The molecule has 0 aliphatic carbocycles. The summed E-state index contributed by atoms with van der Waals surface area (Å²) < 4.78 is 0. The standard InChI is InChI=1S/C6H10O2/c1-5(4-7)3-6(2)8/h4-5,8H,2-3H2,1H3. The summed E-state index contributed by atoms with van der Waals surface area (Å²) in [7, 11) is 0. The van der Waals surface area contributed by atoms with Crippen molar-refractivity contribution in [2.45, 2.75) is 13.3 Å². The summed E-state index contributed by atoms with van der Waals surface area (Å²) in [6, 6.07) is 0. The van der Waals surface area contributed by atoms with Gasteiger partial charge in [-0.1, -0.05) is 13.5 Å². The number of hydrogen-bond acceptors (Lipinski definition) is 2. The zero-order valence-corrected chi connectivity index (χ0v) is 4.92. The molecule has 0 aromatic heterocycles. The topological polar surface area (TPSA) is 37.3 Å². The van der Waals surface area contributed by atoms with E-state index in [1.165, 1.54) is 0 Å². The van der Waals surface area contributed by atoms with Gasteiger partial charge < -0.3 is 9.90 Å². The van der Waals surface area contributed by atoms with E-state index in [9.17, 15) is 4.79 Å². The Morgan fingerprint density at radius 3 is 2.62 bits per heavy atom. The maximum Gasteiger partial charge on any atom is 0.123 e. The SMILES string of the molecule is C=C(O)CC(C)C=O. The zero-order chi connectivity index (χ0) is 6.57. The van der Waals surface area contributed by atoms with E-state index in [1.54, 1.807) is 6.92 Å². The van der Waals surface area contributed by atoms with Gasteiger partial charge in [-0.15, -0.1) is 0 Å². The fourth-order valence-electron chi connectivity index (χ4n) is 0.420. The Labute approximate surface area is 48.8 Å². The molecule has 2 heteroatoms. The highest BCUT2D eigenvalue weighted by Crippen LogP contribution is 2.02. The van der Waals surface area contributed by atoms with Crippen molar-refractivity contribution in [3.05, 3.63) is 12.3 Å². The molecule has 0 aliphatic rings. The maximum absolute atomic E-state index is 9.89. The Morgan fingerprint density at radius 2 is 2.50 bits per heavy atom. The summed E-state index contributed by atoms with van der Waals surface area (Å²) in [5, 5.41) is 8.50. The second kappa shape index (κ2) is 3.24. The zero-order valence-electron chi connectivity index (χ0n) is 4.92. The highest BCUT2D eigenvalue weighted by Gasteiger charge is 1.98. The summed E-state index contributed by atoms with van der Waals surface area (Å²) in [4.78, 5) is 9.89. The maximum atomic E-state index is 9.89. The molecule has 8 heavy (non-hydrogen) atoms. The van der Waals surface area contributed by atoms with Gasteiger partial charge in [0.15, 0.2) is 0 Å². The van der Waals surface area contributed by atoms with Crippen LogP contribution in [0.2, 0.25) is 0 Å². The summed E-state index contributed by atoms with van der Waals surface area (Å²) in [5.41, 5.74) is 0. The third-order valence-electron chi connectivity index (χ3n) is 0.790. The van der Waals surface area contributed by atoms with Crippen LogP contribution in [0.25, 0.3) is 0 Å². The Kier molecular flexibility index (Phi) is 2.92. The molecule has 0 aliphatic heterocycles. The first-order valence-corrected chi connectivity index (χ1v) is 2.49. The lowest BCUT2D eigenvalue weighted by molar-refractivity contribution is -0.110. The van der Waals surface area contributed by atoms with Crippen molar-refractivity contribution in [3.63, 3.8) is 0 Å². The lowest BCUT2D eigenvalue weighted by Crippen LogP contribution is -1.95. The average molecular weight is 114 g/mol. The number of aliphatic hydroxyl groups is 1. The Morgan fingerprint density at radius 1 is 2.00 bits per heavy atom. The molecule has 0 aromatic carbocycles. The minimum absolute atomic E-state index is 0.0737. The molecule has 0 bridgehead atoms. The summed E-state index contributed by atoms with van der Waals surface area (Å²) in [6.45, 7) is 4.97. The molecule has 0 radical (unpaired) electrons. The van der Waals surface area contributed by atoms with E-state index in [2.05, 4.69) is 6.58 Å². The van der Waals surface area contributed by atoms with E-state index in [1.807, 2.05) is 0 Å². The van der Waals surface area contributed by atoms with Gasteiger partial charge in [-0.25, -0.2) is 0 Å². The molecule has 0 spiro atoms. The molecule has 0 amide bonds. The summed E-state index contributed by atoms with van der Waals surface area (Å²) in [5.74, 6) is -0.0305. The van der Waals surface area contributed by atoms with Crippen LogP contribution in [0.1, 0.15) is 13.3 Å². The molecule has 0 saturated heterocycles. The fraction of sp³-hybridized carbons (Fsp3) is 0.500. The fourth-order valence-corrected chi connectivity index (χ4v) is 0.420. The minimum atomic E-state index is -0.104. The molecular formula is C6H10O2. The molecule has 0 saturated carbocycles. The molecular weight excluding hydrogens is 104 g/mol. The number of hydrogen-bond donors (Lipinski definition) is 1. The van der Waals surface area contributed by atoms with Gasteiger partial charge in [0.2, 0.25) is 0 Å². The van der Waals surface area contributed by atoms with Crippen molar-refractivity contribution in [2.24, 2.45) is 5.92 Å². The molecule has 0 heterocycles. The molecule has 46 valence electrons. The lowest BCUT2D eigenvalue weighted by Gasteiger charge is -1.97. The number of rotatable bonds is 3. The summed E-state index contributed by atoms with van der Waals surface area (Å²) >= 11 is 0. The summed E-state index contributed by atoms with van der Waals surface area (Å²) in [6.07, 6.45) is 1.17. The van der Waals surface area contributed by atoms with Crippen molar-refractivity contribution in [3.8, 4) is 0 Å². The van der Waals surface area contributed by atoms with Gasteiger partial charge in [0.1, 0.15) is 6.29 Å². The van der Waals surface area contributed by atoms with Crippen LogP contribution in [-0.2, 0) is 4.79 Å². The largest absolute Gasteiger partial charge is 0.513 e. The van der Waals surface area contributed by atoms with Crippen molar-refractivity contribution in [1.29, 1.82) is 0 Å². The van der Waals surface area contributed by atoms with Crippen molar-refractivity contribution >= 4 is 6.29 Å². The number of allylic oxidation sites excluding steroid dienone is 1. The predicted molar refractivity (Wildman–Crippen MR) is 31.6 cm³/mol. The van der Waals surface area contributed by atoms with E-state index >= 15 is 0 Å². The van der Waals surface area contributed by atoms with Crippen LogP contribution in [0.4, 0.5) is 0 Å². The second-order valence-electron chi connectivity index (χ2n) is 1.88. The number of carbonyl (C=O) groups is 1. The van der Waals surface area contributed by atoms with Gasteiger partial charge in [-0.3, -0.25) is 0 Å². The van der Waals surface area contributed by atoms with Crippen LogP contribution in [0, 0.1) is 5.92 Å². The van der Waals surface area contributed by atoms with E-state index in [4.69, 9.17) is 5.11 Å². The van der Waals surface area contributed by atoms with E-state index in [0.29, 0.717) is 6.42 Å². The molecule has 0 rings (SSSR count). The third kappa shape index (κ3) is 3.40. The van der Waals surface area contributed by atoms with Crippen LogP contribution in [0.5, 0.6) is 0 Å². The number of aldehydes is 1. The molecule has 2 nitrogen and oxygen atoms in total. The first kappa shape index (κ1) is 7.21. The normalized spacial score (nSPS) is 12.6. The Balaban J connectivity index is 3.38. The van der Waals surface area contributed by atoms with Gasteiger partial charge in [0, 0.05) is 12.3 Å². The van der Waals surface area contributed by atoms with Crippen LogP contribution in [0.3, 0.4) is 0 Å². The van der Waals surface area contributed by atoms with Crippen LogP contribution >= 0.6 is 0 Å². The number of carbonyl (C=O) groups excluding carboxylic acids is 1. The van der Waals surface area contributed by atoms with E-state index < -0.39 is 0 Å². The first-order valence-electron chi connectivity index (χ1n) is 2.49. The van der Waals surface area contributed by atoms with Crippen LogP contribution in [-0.4, -0.2) is 11.4 Å². The number of aliphatic hydroxyl groups excluding tert-OH is 1. The van der Waals surface area contributed by atoms with E-state index in [0.717, 1.165) is 6.29 Å². The second-order valence-corrected chi connectivity index (χ2v) is 1.88. The monoisotopic (exact) mass is 114 g/mol. The quantitative estimate of drug-likeness (QED) is 0.443. The van der Waals surface area contributed by atoms with Crippen molar-refractivity contribution < 1.29 is 9.90 Å². The van der Waals surface area contributed by atoms with Crippen LogP contribution in [0.15, 0.2) is 12.3 Å². The van der Waals surface area contributed by atoms with Gasteiger partial charge in [0.25, 0.3) is 0 Å². The van der Waals surface area contributed by atoms with Gasteiger partial charge in [-0.2, -0.15) is 0 Å². The highest BCUT2D eigenvalue weighted by molar-refractivity contribution is 5.53. The Bertz CT molecular complexity index is 96.7. The molecule has 0 fully saturated rings. The molecule has 0 aromatic rings. The molecule has 1 N–H and O–H groups in total. The smallest absolute Gasteiger partial charge is 0.123 e. The highest BCUT2D eigenvalue weighted by atomic mass is 16.3. The van der Waals surface area contributed by atoms with Crippen LogP contribution < -0.4 is 0 Å². The van der Waals surface area contributed by atoms with Crippen molar-refractivity contribution in [2.75, 3.05) is 0 Å². The minimum Gasteiger partial charge on any atom is -0.513 e. The van der Waals surface area contributed by atoms with Gasteiger partial charge in [-0.05, 0) is 0 Å². The third-order valence-corrected chi connectivity index (χ3v) is 0.790. The predicted octanol–water partition coefficient (Wildman–Crippen LogP) is 1.28. The van der Waals surface area contributed by atoms with Gasteiger partial charge in [0.05, 0.1) is 5.76 Å². The Hall–Kier alpha value is -0.790. The average Bonchev–Trinajstić information content (AvgIpc) is 1.65. The van der Waals surface area contributed by atoms with E-state index in [-0.39, 0.29) is 11.7 Å². The van der Waals surface area contributed by atoms with Gasteiger partial charge >= 0.3 is 0 Å².